The van der Waals surface area contributed by atoms with Crippen LogP contribution in [0.15, 0.2) is 53.6 Å². The molecule has 0 amide bonds. The van der Waals surface area contributed by atoms with Gasteiger partial charge >= 0.3 is 6.18 Å². The number of benzene rings is 2. The molecule has 0 saturated heterocycles. The fourth-order valence-corrected chi connectivity index (χ4v) is 1.99. The summed E-state index contributed by atoms with van der Waals surface area (Å²) in [5, 5.41) is 12.3. The van der Waals surface area contributed by atoms with E-state index >= 15 is 0 Å². The second kappa shape index (κ2) is 6.31. The van der Waals surface area contributed by atoms with E-state index in [1.807, 2.05) is 6.07 Å². The predicted molar refractivity (Wildman–Crippen MR) is 77.0 cm³/mol. The van der Waals surface area contributed by atoms with Gasteiger partial charge < -0.3 is 5.84 Å². The van der Waals surface area contributed by atoms with Crippen LogP contribution in [0.1, 0.15) is 22.3 Å². The molecule has 0 unspecified atom stereocenters. The number of nitrogens with two attached hydrogens (primary N) is 1. The van der Waals surface area contributed by atoms with Crippen molar-refractivity contribution in [3.8, 4) is 6.07 Å². The highest BCUT2D eigenvalue weighted by atomic mass is 19.4. The van der Waals surface area contributed by atoms with E-state index in [1.54, 1.807) is 24.3 Å². The predicted octanol–water partition coefficient (Wildman–Crippen LogP) is 3.48. The quantitative estimate of drug-likeness (QED) is 0.536. The van der Waals surface area contributed by atoms with Crippen molar-refractivity contribution >= 4 is 5.71 Å². The van der Waals surface area contributed by atoms with Crippen LogP contribution < -0.4 is 5.84 Å². The van der Waals surface area contributed by atoms with Gasteiger partial charge in [-0.05, 0) is 35.4 Å². The normalized spacial score (nSPS) is 12.0. The maximum Gasteiger partial charge on any atom is 0.416 e. The topological polar surface area (TPSA) is 62.2 Å². The van der Waals surface area contributed by atoms with E-state index in [0.29, 0.717) is 16.8 Å². The van der Waals surface area contributed by atoms with Crippen LogP contribution in [0.4, 0.5) is 13.2 Å². The van der Waals surface area contributed by atoms with Crippen LogP contribution in [0.25, 0.3) is 0 Å². The number of nitriles is 1. The Morgan fingerprint density at radius 1 is 1.14 bits per heavy atom. The molecule has 3 nitrogen and oxygen atoms in total. The number of hydrogen-bond acceptors (Lipinski definition) is 3. The molecule has 0 aliphatic heterocycles. The van der Waals surface area contributed by atoms with Gasteiger partial charge in [0.2, 0.25) is 0 Å². The average Bonchev–Trinajstić information content (AvgIpc) is 2.52. The zero-order chi connectivity index (χ0) is 16.2. The Morgan fingerprint density at radius 2 is 1.82 bits per heavy atom. The van der Waals surface area contributed by atoms with Crippen molar-refractivity contribution in [3.63, 3.8) is 0 Å². The summed E-state index contributed by atoms with van der Waals surface area (Å²) < 4.78 is 38.2. The van der Waals surface area contributed by atoms with Gasteiger partial charge in [-0.1, -0.05) is 24.3 Å². The Balaban J connectivity index is 2.27. The van der Waals surface area contributed by atoms with Crippen molar-refractivity contribution < 1.29 is 13.2 Å². The smallest absolute Gasteiger partial charge is 0.323 e. The first-order valence-electron chi connectivity index (χ1n) is 6.37. The SMILES string of the molecule is N#Cc1ccc(C/C(=N\N)c2cccc(C(F)(F)F)c2)cc1. The zero-order valence-corrected chi connectivity index (χ0v) is 11.4. The first-order chi connectivity index (χ1) is 10.4. The Morgan fingerprint density at radius 3 is 2.36 bits per heavy atom. The second-order valence-corrected chi connectivity index (χ2v) is 4.64. The number of halogens is 3. The molecule has 0 bridgehead atoms. The second-order valence-electron chi connectivity index (χ2n) is 4.64. The number of hydrazone groups is 1. The van der Waals surface area contributed by atoms with E-state index in [0.717, 1.165) is 17.7 Å². The first kappa shape index (κ1) is 15.6. The summed E-state index contributed by atoms with van der Waals surface area (Å²) >= 11 is 0. The van der Waals surface area contributed by atoms with Crippen molar-refractivity contribution in [3.05, 3.63) is 70.8 Å². The lowest BCUT2D eigenvalue weighted by atomic mass is 9.99. The lowest BCUT2D eigenvalue weighted by Gasteiger charge is -2.10. The van der Waals surface area contributed by atoms with Crippen molar-refractivity contribution in [2.24, 2.45) is 10.9 Å². The molecule has 6 heteroatoms. The molecule has 0 fully saturated rings. The van der Waals surface area contributed by atoms with E-state index in [4.69, 9.17) is 11.1 Å². The molecule has 22 heavy (non-hydrogen) atoms. The standard InChI is InChI=1S/C16H12F3N3/c17-16(18,19)14-3-1-2-13(9-14)15(22-21)8-11-4-6-12(10-20)7-5-11/h1-7,9H,8,21H2/b22-15+. The van der Waals surface area contributed by atoms with E-state index < -0.39 is 11.7 Å². The van der Waals surface area contributed by atoms with Gasteiger partial charge in [0.25, 0.3) is 0 Å². The minimum Gasteiger partial charge on any atom is -0.323 e. The number of rotatable bonds is 3. The summed E-state index contributed by atoms with van der Waals surface area (Å²) in [5.41, 5.74) is 1.23. The van der Waals surface area contributed by atoms with E-state index in [9.17, 15) is 13.2 Å². The van der Waals surface area contributed by atoms with Crippen LogP contribution in [0.2, 0.25) is 0 Å². The van der Waals surface area contributed by atoms with Gasteiger partial charge in [0.05, 0.1) is 22.9 Å². The van der Waals surface area contributed by atoms with Gasteiger partial charge in [0.1, 0.15) is 0 Å². The number of hydrogen-bond donors (Lipinski definition) is 1. The Kier molecular flexibility index (Phi) is 4.47. The molecular weight excluding hydrogens is 291 g/mol. The zero-order valence-electron chi connectivity index (χ0n) is 11.4. The number of alkyl halides is 3. The van der Waals surface area contributed by atoms with E-state index in [-0.39, 0.29) is 6.42 Å². The Hall–Kier alpha value is -2.81. The van der Waals surface area contributed by atoms with E-state index in [1.165, 1.54) is 12.1 Å². The van der Waals surface area contributed by atoms with Gasteiger partial charge in [0.15, 0.2) is 0 Å². The monoisotopic (exact) mass is 303 g/mol. The minimum atomic E-state index is -4.41. The van der Waals surface area contributed by atoms with Gasteiger partial charge in [-0.25, -0.2) is 0 Å². The largest absolute Gasteiger partial charge is 0.416 e. The van der Waals surface area contributed by atoms with Crippen LogP contribution in [0.5, 0.6) is 0 Å². The molecule has 0 aliphatic carbocycles. The third-order valence-corrected chi connectivity index (χ3v) is 3.13. The van der Waals surface area contributed by atoms with Crippen LogP contribution in [-0.4, -0.2) is 5.71 Å². The van der Waals surface area contributed by atoms with Crippen molar-refractivity contribution in [2.45, 2.75) is 12.6 Å². The third kappa shape index (κ3) is 3.64. The first-order valence-corrected chi connectivity index (χ1v) is 6.37. The summed E-state index contributed by atoms with van der Waals surface area (Å²) in [6.07, 6.45) is -4.13. The van der Waals surface area contributed by atoms with Crippen LogP contribution in [0.3, 0.4) is 0 Å². The van der Waals surface area contributed by atoms with Crippen molar-refractivity contribution in [1.82, 2.24) is 0 Å². The Bertz CT molecular complexity index is 726. The lowest BCUT2D eigenvalue weighted by Crippen LogP contribution is -2.11. The summed E-state index contributed by atoms with van der Waals surface area (Å²) in [5.74, 6) is 5.32. The Labute approximate surface area is 125 Å². The molecular formula is C16H12F3N3. The molecule has 112 valence electrons. The molecule has 0 atom stereocenters. The van der Waals surface area contributed by atoms with Crippen molar-refractivity contribution in [2.75, 3.05) is 0 Å². The molecule has 0 radical (unpaired) electrons. The van der Waals surface area contributed by atoms with E-state index in [2.05, 4.69) is 5.10 Å². The highest BCUT2D eigenvalue weighted by molar-refractivity contribution is 6.01. The number of nitrogens with zero attached hydrogens (tertiary/aromatic N) is 2. The minimum absolute atomic E-state index is 0.281. The molecule has 0 heterocycles. The van der Waals surface area contributed by atoms with Crippen LogP contribution in [0, 0.1) is 11.3 Å². The molecule has 2 aromatic rings. The fourth-order valence-electron chi connectivity index (χ4n) is 1.99. The third-order valence-electron chi connectivity index (χ3n) is 3.13. The van der Waals surface area contributed by atoms with Gasteiger partial charge in [-0.15, -0.1) is 0 Å². The molecule has 2 rings (SSSR count). The molecule has 2 aromatic carbocycles. The summed E-state index contributed by atoms with van der Waals surface area (Å²) in [6, 6.07) is 13.6. The lowest BCUT2D eigenvalue weighted by molar-refractivity contribution is -0.137. The summed E-state index contributed by atoms with van der Waals surface area (Å²) in [4.78, 5) is 0. The average molecular weight is 303 g/mol. The van der Waals surface area contributed by atoms with Crippen LogP contribution in [-0.2, 0) is 12.6 Å². The van der Waals surface area contributed by atoms with Gasteiger partial charge in [0, 0.05) is 6.42 Å². The highest BCUT2D eigenvalue weighted by Gasteiger charge is 2.30. The van der Waals surface area contributed by atoms with Gasteiger partial charge in [-0.2, -0.15) is 23.5 Å². The molecule has 0 aliphatic rings. The summed E-state index contributed by atoms with van der Waals surface area (Å²) in [7, 11) is 0. The molecule has 2 N–H and O–H groups in total. The maximum atomic E-state index is 12.7. The molecule has 0 aromatic heterocycles. The van der Waals surface area contributed by atoms with Crippen molar-refractivity contribution in [1.29, 1.82) is 5.26 Å². The highest BCUT2D eigenvalue weighted by Crippen LogP contribution is 2.29. The molecule has 0 spiro atoms. The fraction of sp³-hybridized carbons (Fsp3) is 0.125. The molecule has 0 saturated carbocycles. The summed E-state index contributed by atoms with van der Waals surface area (Å²) in [6.45, 7) is 0. The van der Waals surface area contributed by atoms with Crippen LogP contribution >= 0.6 is 0 Å². The van der Waals surface area contributed by atoms with Gasteiger partial charge in [-0.3, -0.25) is 0 Å². The maximum absolute atomic E-state index is 12.7.